The van der Waals surface area contributed by atoms with Crippen LogP contribution in [-0.4, -0.2) is 19.7 Å². The number of hydrogen-bond acceptors (Lipinski definition) is 3. The second-order valence-electron chi connectivity index (χ2n) is 6.47. The number of carbonyl (C=O) groups is 1. The Morgan fingerprint density at radius 2 is 1.46 bits per heavy atom. The topological polar surface area (TPSA) is 35.5 Å². The Morgan fingerprint density at radius 1 is 0.929 bits per heavy atom. The van der Waals surface area contributed by atoms with Gasteiger partial charge in [-0.15, -0.1) is 6.58 Å². The van der Waals surface area contributed by atoms with Crippen molar-refractivity contribution in [3.63, 3.8) is 0 Å². The van der Waals surface area contributed by atoms with E-state index in [1.807, 2.05) is 78.9 Å². The Labute approximate surface area is 166 Å². The van der Waals surface area contributed by atoms with E-state index < -0.39 is 11.5 Å². The van der Waals surface area contributed by atoms with Crippen molar-refractivity contribution in [3.05, 3.63) is 120 Å². The van der Waals surface area contributed by atoms with Crippen molar-refractivity contribution in [2.24, 2.45) is 0 Å². The molecular formula is C25H24O3. The molecule has 0 heterocycles. The van der Waals surface area contributed by atoms with Gasteiger partial charge in [-0.05, 0) is 11.1 Å². The van der Waals surface area contributed by atoms with Gasteiger partial charge in [0.05, 0.1) is 0 Å². The first-order chi connectivity index (χ1) is 13.7. The number of methoxy groups -OCH3 is 1. The molecule has 0 aromatic heterocycles. The Kier molecular flexibility index (Phi) is 6.53. The lowest BCUT2D eigenvalue weighted by Crippen LogP contribution is -2.44. The van der Waals surface area contributed by atoms with Gasteiger partial charge in [-0.2, -0.15) is 0 Å². The molecule has 0 amide bonds. The van der Waals surface area contributed by atoms with Crippen LogP contribution in [-0.2, 0) is 15.1 Å². The molecule has 0 aliphatic heterocycles. The van der Waals surface area contributed by atoms with E-state index in [0.29, 0.717) is 5.56 Å². The first-order valence-electron chi connectivity index (χ1n) is 9.19. The molecule has 0 radical (unpaired) electrons. The molecule has 0 saturated heterocycles. The molecule has 0 spiro atoms. The minimum absolute atomic E-state index is 0.0232. The summed E-state index contributed by atoms with van der Waals surface area (Å²) in [6, 6.07) is 28.6. The fourth-order valence-electron chi connectivity index (χ4n) is 3.53. The first kappa shape index (κ1) is 19.7. The Hall–Kier alpha value is -3.01. The number of carbonyl (C=O) groups excluding carboxylic acids is 1. The average molecular weight is 372 g/mol. The number of hydrogen-bond donors (Lipinski definition) is 0. The second kappa shape index (κ2) is 9.27. The van der Waals surface area contributed by atoms with Gasteiger partial charge in [-0.3, -0.25) is 4.79 Å². The summed E-state index contributed by atoms with van der Waals surface area (Å²) in [6.07, 6.45) is 1.78. The fourth-order valence-corrected chi connectivity index (χ4v) is 3.53. The zero-order valence-electron chi connectivity index (χ0n) is 16.0. The maximum absolute atomic E-state index is 13.9. The summed E-state index contributed by atoms with van der Waals surface area (Å²) in [6.45, 7) is 4.02. The van der Waals surface area contributed by atoms with Gasteiger partial charge < -0.3 is 9.47 Å². The molecule has 3 aromatic rings. The van der Waals surface area contributed by atoms with Gasteiger partial charge in [0, 0.05) is 18.6 Å². The lowest BCUT2D eigenvalue weighted by molar-refractivity contribution is -0.120. The van der Waals surface area contributed by atoms with Crippen molar-refractivity contribution in [1.82, 2.24) is 0 Å². The fraction of sp³-hybridized carbons (Fsp3) is 0.160. The van der Waals surface area contributed by atoms with Gasteiger partial charge in [0.2, 0.25) is 0 Å². The zero-order valence-corrected chi connectivity index (χ0v) is 16.0. The van der Waals surface area contributed by atoms with E-state index in [0.717, 1.165) is 11.1 Å². The first-order valence-corrected chi connectivity index (χ1v) is 9.19. The standard InChI is InChI=1S/C25H24O3/c1-3-23(20-13-7-4-8-14-20)25(28-19-27-2,22-17-11-6-12-18-22)24(26)21-15-9-5-10-16-21/h3-18,23H,1,19H2,2H3/t23-,25-/m1/s1. The van der Waals surface area contributed by atoms with Crippen LogP contribution in [0.5, 0.6) is 0 Å². The highest BCUT2D eigenvalue weighted by atomic mass is 16.7. The maximum atomic E-state index is 13.9. The molecule has 3 aromatic carbocycles. The number of Topliss-reactive ketones (excluding diaryl/α,β-unsaturated/α-hetero) is 1. The summed E-state index contributed by atoms with van der Waals surface area (Å²) >= 11 is 0. The molecule has 3 nitrogen and oxygen atoms in total. The highest BCUT2D eigenvalue weighted by Gasteiger charge is 2.48. The molecule has 3 rings (SSSR count). The number of benzene rings is 3. The van der Waals surface area contributed by atoms with E-state index in [1.54, 1.807) is 25.3 Å². The smallest absolute Gasteiger partial charge is 0.200 e. The zero-order chi connectivity index (χ0) is 19.8. The third-order valence-electron chi connectivity index (χ3n) is 4.81. The molecule has 0 unspecified atom stereocenters. The van der Waals surface area contributed by atoms with Crippen LogP contribution < -0.4 is 0 Å². The second-order valence-corrected chi connectivity index (χ2v) is 6.47. The van der Waals surface area contributed by atoms with Crippen LogP contribution in [0.4, 0.5) is 0 Å². The predicted octanol–water partition coefficient (Wildman–Crippen LogP) is 5.36. The van der Waals surface area contributed by atoms with Gasteiger partial charge in [-0.1, -0.05) is 97.1 Å². The summed E-state index contributed by atoms with van der Waals surface area (Å²) in [7, 11) is 1.55. The minimum Gasteiger partial charge on any atom is -0.359 e. The molecule has 0 aliphatic rings. The molecule has 0 bridgehead atoms. The summed E-state index contributed by atoms with van der Waals surface area (Å²) in [4.78, 5) is 13.9. The Bertz CT molecular complexity index is 891. The van der Waals surface area contributed by atoms with E-state index in [9.17, 15) is 4.79 Å². The summed E-state index contributed by atoms with van der Waals surface area (Å²) < 4.78 is 11.5. The monoisotopic (exact) mass is 372 g/mol. The van der Waals surface area contributed by atoms with Gasteiger partial charge in [0.15, 0.2) is 11.4 Å². The van der Waals surface area contributed by atoms with Gasteiger partial charge in [-0.25, -0.2) is 0 Å². The van der Waals surface area contributed by atoms with Crippen LogP contribution in [0.15, 0.2) is 104 Å². The van der Waals surface area contributed by atoms with Crippen LogP contribution in [0, 0.1) is 0 Å². The van der Waals surface area contributed by atoms with E-state index >= 15 is 0 Å². The quantitative estimate of drug-likeness (QED) is 0.288. The largest absolute Gasteiger partial charge is 0.359 e. The SMILES string of the molecule is C=C[C@H](c1ccccc1)[C@@](OCOC)(C(=O)c1ccccc1)c1ccccc1. The third kappa shape index (κ3) is 3.81. The van der Waals surface area contributed by atoms with Crippen molar-refractivity contribution < 1.29 is 14.3 Å². The third-order valence-corrected chi connectivity index (χ3v) is 4.81. The lowest BCUT2D eigenvalue weighted by atomic mass is 9.72. The van der Waals surface area contributed by atoms with Crippen LogP contribution in [0.3, 0.4) is 0 Å². The van der Waals surface area contributed by atoms with Crippen molar-refractivity contribution >= 4 is 5.78 Å². The molecule has 0 fully saturated rings. The molecular weight excluding hydrogens is 348 g/mol. The van der Waals surface area contributed by atoms with Gasteiger partial charge in [0.25, 0.3) is 0 Å². The number of ketones is 1. The van der Waals surface area contributed by atoms with Crippen LogP contribution in [0.25, 0.3) is 0 Å². The van der Waals surface area contributed by atoms with Gasteiger partial charge >= 0.3 is 0 Å². The van der Waals surface area contributed by atoms with Crippen molar-refractivity contribution in [3.8, 4) is 0 Å². The van der Waals surface area contributed by atoms with E-state index in [-0.39, 0.29) is 12.6 Å². The normalized spacial score (nSPS) is 14.0. The average Bonchev–Trinajstić information content (AvgIpc) is 2.78. The lowest BCUT2D eigenvalue weighted by Gasteiger charge is -2.38. The Morgan fingerprint density at radius 3 is 2.00 bits per heavy atom. The van der Waals surface area contributed by atoms with Gasteiger partial charge in [0.1, 0.15) is 6.79 Å². The molecule has 0 saturated carbocycles. The van der Waals surface area contributed by atoms with Crippen LogP contribution in [0.2, 0.25) is 0 Å². The molecule has 2 atom stereocenters. The van der Waals surface area contributed by atoms with Crippen LogP contribution >= 0.6 is 0 Å². The molecule has 0 N–H and O–H groups in total. The van der Waals surface area contributed by atoms with Crippen LogP contribution in [0.1, 0.15) is 27.4 Å². The minimum atomic E-state index is -1.30. The molecule has 142 valence electrons. The van der Waals surface area contributed by atoms with E-state index in [4.69, 9.17) is 9.47 Å². The van der Waals surface area contributed by atoms with E-state index in [1.165, 1.54) is 0 Å². The summed E-state index contributed by atoms with van der Waals surface area (Å²) in [5.41, 5.74) is 0.975. The Balaban J connectivity index is 2.26. The van der Waals surface area contributed by atoms with Crippen molar-refractivity contribution in [2.75, 3.05) is 13.9 Å². The number of rotatable bonds is 9. The molecule has 0 aliphatic carbocycles. The highest BCUT2D eigenvalue weighted by molar-refractivity contribution is 6.04. The summed E-state index contributed by atoms with van der Waals surface area (Å²) in [5.74, 6) is -0.538. The van der Waals surface area contributed by atoms with Crippen molar-refractivity contribution in [1.29, 1.82) is 0 Å². The molecule has 28 heavy (non-hydrogen) atoms. The maximum Gasteiger partial charge on any atom is 0.200 e. The van der Waals surface area contributed by atoms with Crippen molar-refractivity contribution in [2.45, 2.75) is 11.5 Å². The summed E-state index contributed by atoms with van der Waals surface area (Å²) in [5, 5.41) is 0. The highest BCUT2D eigenvalue weighted by Crippen LogP contribution is 2.43. The molecule has 3 heteroatoms. The number of ether oxygens (including phenoxy) is 2. The van der Waals surface area contributed by atoms with E-state index in [2.05, 4.69) is 6.58 Å². The predicted molar refractivity (Wildman–Crippen MR) is 111 cm³/mol.